The maximum atomic E-state index is 6.01. The normalized spacial score (nSPS) is 18.9. The molecule has 0 amide bonds. The minimum absolute atomic E-state index is 0.179. The molecule has 2 heterocycles. The molecule has 1 aromatic heterocycles. The Hall–Kier alpha value is -1.66. The Kier molecular flexibility index (Phi) is 3.35. The number of aromatic nitrogens is 4. The van der Waals surface area contributed by atoms with E-state index in [1.807, 2.05) is 6.07 Å². The standard InChI is InChI=1S/C12H14ClN5O/c13-9-4-8(5-10(14)6-9)12-15-16-17-18(12)7-11-2-1-3-19-11/h4-6,11H,1-3,7,14H2. The maximum Gasteiger partial charge on any atom is 0.182 e. The number of anilines is 1. The lowest BCUT2D eigenvalue weighted by Crippen LogP contribution is -2.17. The van der Waals surface area contributed by atoms with Crippen molar-refractivity contribution in [3.63, 3.8) is 0 Å². The molecule has 7 heteroatoms. The van der Waals surface area contributed by atoms with Gasteiger partial charge in [-0.1, -0.05) is 11.6 Å². The molecule has 1 fully saturated rings. The molecule has 0 bridgehead atoms. The number of hydrogen-bond donors (Lipinski definition) is 1. The van der Waals surface area contributed by atoms with Crippen molar-refractivity contribution in [3.05, 3.63) is 23.2 Å². The van der Waals surface area contributed by atoms with Crippen molar-refractivity contribution in [2.75, 3.05) is 12.3 Å². The molecule has 1 saturated heterocycles. The largest absolute Gasteiger partial charge is 0.399 e. The topological polar surface area (TPSA) is 78.9 Å². The van der Waals surface area contributed by atoms with E-state index in [2.05, 4.69) is 15.5 Å². The lowest BCUT2D eigenvalue weighted by molar-refractivity contribution is 0.0939. The minimum atomic E-state index is 0.179. The number of ether oxygens (including phenoxy) is 1. The zero-order chi connectivity index (χ0) is 13.2. The first-order valence-corrected chi connectivity index (χ1v) is 6.54. The SMILES string of the molecule is Nc1cc(Cl)cc(-c2nnnn2CC2CCCO2)c1. The molecular weight excluding hydrogens is 266 g/mol. The lowest BCUT2D eigenvalue weighted by atomic mass is 10.2. The smallest absolute Gasteiger partial charge is 0.182 e. The van der Waals surface area contributed by atoms with Crippen LogP contribution in [0.2, 0.25) is 5.02 Å². The third kappa shape index (κ3) is 2.69. The summed E-state index contributed by atoms with van der Waals surface area (Å²) in [7, 11) is 0. The van der Waals surface area contributed by atoms with E-state index in [1.54, 1.807) is 16.8 Å². The number of rotatable bonds is 3. The van der Waals surface area contributed by atoms with E-state index in [0.717, 1.165) is 25.0 Å². The van der Waals surface area contributed by atoms with Crippen molar-refractivity contribution in [2.24, 2.45) is 0 Å². The van der Waals surface area contributed by atoms with Crippen LogP contribution in [-0.2, 0) is 11.3 Å². The van der Waals surface area contributed by atoms with Gasteiger partial charge in [0.25, 0.3) is 0 Å². The number of benzene rings is 1. The molecule has 6 nitrogen and oxygen atoms in total. The molecule has 0 spiro atoms. The highest BCUT2D eigenvalue weighted by Crippen LogP contribution is 2.25. The van der Waals surface area contributed by atoms with Crippen molar-refractivity contribution in [1.29, 1.82) is 0 Å². The Balaban J connectivity index is 1.90. The number of hydrogen-bond acceptors (Lipinski definition) is 5. The average Bonchev–Trinajstić information content (AvgIpc) is 2.99. The molecule has 1 aliphatic heterocycles. The van der Waals surface area contributed by atoms with Gasteiger partial charge in [0.2, 0.25) is 0 Å². The molecule has 0 aliphatic carbocycles. The van der Waals surface area contributed by atoms with Crippen molar-refractivity contribution >= 4 is 17.3 Å². The van der Waals surface area contributed by atoms with Gasteiger partial charge >= 0.3 is 0 Å². The van der Waals surface area contributed by atoms with Crippen LogP contribution in [0.15, 0.2) is 18.2 Å². The van der Waals surface area contributed by atoms with E-state index in [0.29, 0.717) is 23.1 Å². The van der Waals surface area contributed by atoms with E-state index < -0.39 is 0 Å². The van der Waals surface area contributed by atoms with Gasteiger partial charge in [-0.25, -0.2) is 4.68 Å². The molecule has 1 aromatic carbocycles. The maximum absolute atomic E-state index is 6.01. The molecule has 2 N–H and O–H groups in total. The van der Waals surface area contributed by atoms with Crippen LogP contribution in [-0.4, -0.2) is 32.9 Å². The Morgan fingerprint density at radius 1 is 1.42 bits per heavy atom. The molecule has 0 saturated carbocycles. The second-order valence-electron chi connectivity index (χ2n) is 4.59. The second-order valence-corrected chi connectivity index (χ2v) is 5.03. The highest BCUT2D eigenvalue weighted by molar-refractivity contribution is 6.31. The van der Waals surface area contributed by atoms with Gasteiger partial charge in [-0.2, -0.15) is 0 Å². The van der Waals surface area contributed by atoms with Crippen LogP contribution in [0, 0.1) is 0 Å². The van der Waals surface area contributed by atoms with Crippen LogP contribution in [0.5, 0.6) is 0 Å². The van der Waals surface area contributed by atoms with Crippen LogP contribution in [0.4, 0.5) is 5.69 Å². The minimum Gasteiger partial charge on any atom is -0.399 e. The Morgan fingerprint density at radius 3 is 3.05 bits per heavy atom. The van der Waals surface area contributed by atoms with Gasteiger partial charge < -0.3 is 10.5 Å². The zero-order valence-electron chi connectivity index (χ0n) is 10.3. The van der Waals surface area contributed by atoms with Gasteiger partial charge in [0.05, 0.1) is 12.6 Å². The summed E-state index contributed by atoms with van der Waals surface area (Å²) in [4.78, 5) is 0. The third-order valence-electron chi connectivity index (χ3n) is 3.11. The molecule has 2 aromatic rings. The van der Waals surface area contributed by atoms with Crippen LogP contribution in [0.3, 0.4) is 0 Å². The number of nitrogens with two attached hydrogens (primary N) is 1. The van der Waals surface area contributed by atoms with Crippen LogP contribution >= 0.6 is 11.6 Å². The van der Waals surface area contributed by atoms with Crippen LogP contribution in [0.25, 0.3) is 11.4 Å². The first-order chi connectivity index (χ1) is 9.22. The van der Waals surface area contributed by atoms with Crippen molar-refractivity contribution < 1.29 is 4.74 Å². The summed E-state index contributed by atoms with van der Waals surface area (Å²) < 4.78 is 7.33. The highest BCUT2D eigenvalue weighted by atomic mass is 35.5. The van der Waals surface area contributed by atoms with E-state index in [1.165, 1.54) is 0 Å². The van der Waals surface area contributed by atoms with E-state index in [-0.39, 0.29) is 6.10 Å². The van der Waals surface area contributed by atoms with Gasteiger partial charge in [-0.3, -0.25) is 0 Å². The summed E-state index contributed by atoms with van der Waals surface area (Å²) in [5.74, 6) is 0.657. The highest BCUT2D eigenvalue weighted by Gasteiger charge is 2.19. The number of tetrazole rings is 1. The van der Waals surface area contributed by atoms with Crippen LogP contribution < -0.4 is 5.73 Å². The monoisotopic (exact) mass is 279 g/mol. The van der Waals surface area contributed by atoms with Crippen molar-refractivity contribution in [1.82, 2.24) is 20.2 Å². The third-order valence-corrected chi connectivity index (χ3v) is 3.33. The number of halogens is 1. The fourth-order valence-electron chi connectivity index (χ4n) is 2.26. The fraction of sp³-hybridized carbons (Fsp3) is 0.417. The summed E-state index contributed by atoms with van der Waals surface area (Å²) in [6.07, 6.45) is 2.31. The second kappa shape index (κ2) is 5.14. The lowest BCUT2D eigenvalue weighted by Gasteiger charge is -2.10. The molecule has 1 atom stereocenters. The molecular formula is C12H14ClN5O. The number of nitrogen functional groups attached to an aromatic ring is 1. The molecule has 3 rings (SSSR count). The van der Waals surface area contributed by atoms with Gasteiger partial charge in [-0.05, 0) is 41.5 Å². The summed E-state index contributed by atoms with van der Waals surface area (Å²) in [5, 5.41) is 12.3. The number of nitrogens with zero attached hydrogens (tertiary/aromatic N) is 4. The molecule has 1 aliphatic rings. The van der Waals surface area contributed by atoms with Gasteiger partial charge in [0.15, 0.2) is 5.82 Å². The van der Waals surface area contributed by atoms with E-state index >= 15 is 0 Å². The predicted molar refractivity (Wildman–Crippen MR) is 71.6 cm³/mol. The quantitative estimate of drug-likeness (QED) is 0.866. The Bertz CT molecular complexity index is 559. The summed E-state index contributed by atoms with van der Waals surface area (Å²) in [6.45, 7) is 1.46. The van der Waals surface area contributed by atoms with Gasteiger partial charge in [0.1, 0.15) is 0 Å². The summed E-state index contributed by atoms with van der Waals surface area (Å²) in [5.41, 5.74) is 7.20. The first kappa shape index (κ1) is 12.4. The fourth-order valence-corrected chi connectivity index (χ4v) is 2.50. The van der Waals surface area contributed by atoms with E-state index in [4.69, 9.17) is 22.1 Å². The van der Waals surface area contributed by atoms with Crippen molar-refractivity contribution in [2.45, 2.75) is 25.5 Å². The molecule has 1 unspecified atom stereocenters. The zero-order valence-corrected chi connectivity index (χ0v) is 11.0. The van der Waals surface area contributed by atoms with Gasteiger partial charge in [0, 0.05) is 22.9 Å². The molecule has 100 valence electrons. The van der Waals surface area contributed by atoms with Gasteiger partial charge in [-0.15, -0.1) is 5.10 Å². The summed E-state index contributed by atoms with van der Waals surface area (Å²) in [6, 6.07) is 5.30. The van der Waals surface area contributed by atoms with Crippen molar-refractivity contribution in [3.8, 4) is 11.4 Å². The average molecular weight is 280 g/mol. The molecule has 0 radical (unpaired) electrons. The Labute approximate surface area is 115 Å². The van der Waals surface area contributed by atoms with Crippen LogP contribution in [0.1, 0.15) is 12.8 Å². The molecule has 19 heavy (non-hydrogen) atoms. The summed E-state index contributed by atoms with van der Waals surface area (Å²) >= 11 is 6.01. The predicted octanol–water partition coefficient (Wildman–Crippen LogP) is 1.75. The van der Waals surface area contributed by atoms with E-state index in [9.17, 15) is 0 Å². The first-order valence-electron chi connectivity index (χ1n) is 6.16. The Morgan fingerprint density at radius 2 is 2.32 bits per heavy atom.